The van der Waals surface area contributed by atoms with Crippen LogP contribution in [0.4, 0.5) is 0 Å². The van der Waals surface area contributed by atoms with E-state index in [-0.39, 0.29) is 29.9 Å². The van der Waals surface area contributed by atoms with Gasteiger partial charge in [-0.3, -0.25) is 14.3 Å². The molecule has 2 N–H and O–H groups in total. The third-order valence-electron chi connectivity index (χ3n) is 4.96. The second-order valence-corrected chi connectivity index (χ2v) is 9.58. The molecular formula is C20H22B3N2O6PS+. The molecule has 0 saturated carbocycles. The number of rotatable bonds is 8. The Morgan fingerprint density at radius 1 is 1.48 bits per heavy atom. The van der Waals surface area contributed by atoms with Crippen LogP contribution in [0.25, 0.3) is 0 Å². The Bertz CT molecular complexity index is 1200. The standard InChI is InChI=1S/C20H21B3N2O6PS/c1-5-14-10-25(19(33)24-18(14)26)7-6-16(29-23-4)20(21,22)31-32(27)28-11-15-9-12(2)8-13(3)17(15)30-32/h1,8-10,16,27H,6-7,11H2,2-4H3/p+1. The predicted molar refractivity (Wildman–Crippen MR) is 131 cm³/mol. The molecule has 33 heavy (non-hydrogen) atoms. The van der Waals surface area contributed by atoms with Crippen LogP contribution in [0.5, 0.6) is 5.75 Å². The molecule has 13 heteroatoms. The first-order valence-electron chi connectivity index (χ1n) is 10.1. The van der Waals surface area contributed by atoms with E-state index in [1.165, 1.54) is 13.7 Å². The van der Waals surface area contributed by atoms with Gasteiger partial charge < -0.3 is 9.22 Å². The SMILES string of the molecule is [B]C([B])(O[P+]1(O)OCc2cc(C)cc(C)c2O1)C(CCn1cc(C#C)c(=O)[nH]c1=S)O[B]C. The van der Waals surface area contributed by atoms with Crippen molar-refractivity contribution >= 4 is 43.6 Å². The van der Waals surface area contributed by atoms with E-state index < -0.39 is 25.2 Å². The number of aromatic amines is 1. The molecule has 2 aromatic rings. The monoisotopic (exact) mass is 482 g/mol. The van der Waals surface area contributed by atoms with E-state index in [0.717, 1.165) is 16.7 Å². The summed E-state index contributed by atoms with van der Waals surface area (Å²) in [5.74, 6) is 2.77. The lowest BCUT2D eigenvalue weighted by atomic mass is 9.61. The highest BCUT2D eigenvalue weighted by Crippen LogP contribution is 2.64. The van der Waals surface area contributed by atoms with Crippen molar-refractivity contribution < 1.29 is 23.1 Å². The molecule has 2 atom stereocenters. The van der Waals surface area contributed by atoms with Crippen molar-refractivity contribution in [1.82, 2.24) is 9.55 Å². The molecule has 0 bridgehead atoms. The lowest BCUT2D eigenvalue weighted by Crippen LogP contribution is -2.49. The Morgan fingerprint density at radius 2 is 2.21 bits per heavy atom. The number of aromatic nitrogens is 2. The minimum atomic E-state index is -3.91. The summed E-state index contributed by atoms with van der Waals surface area (Å²) in [6, 6.07) is 3.82. The number of hydrogen-bond donors (Lipinski definition) is 2. The number of fused-ring (bicyclic) bond motifs is 1. The van der Waals surface area contributed by atoms with Gasteiger partial charge in [0.2, 0.25) is 0 Å². The lowest BCUT2D eigenvalue weighted by Gasteiger charge is -2.36. The van der Waals surface area contributed by atoms with Crippen molar-refractivity contribution in [3.8, 4) is 18.1 Å². The Labute approximate surface area is 201 Å². The van der Waals surface area contributed by atoms with E-state index in [2.05, 4.69) is 10.9 Å². The molecule has 8 nitrogen and oxygen atoms in total. The summed E-state index contributed by atoms with van der Waals surface area (Å²) in [6.07, 6.45) is 6.06. The highest BCUT2D eigenvalue weighted by atomic mass is 32.1. The van der Waals surface area contributed by atoms with Crippen LogP contribution in [0.1, 0.15) is 28.7 Å². The van der Waals surface area contributed by atoms with E-state index in [9.17, 15) is 9.69 Å². The molecule has 1 aliphatic rings. The van der Waals surface area contributed by atoms with Crippen molar-refractivity contribution in [2.75, 3.05) is 0 Å². The first kappa shape index (κ1) is 25.8. The van der Waals surface area contributed by atoms with Gasteiger partial charge in [0.25, 0.3) is 13.0 Å². The largest absolute Gasteiger partial charge is 0.618 e. The van der Waals surface area contributed by atoms with Crippen molar-refractivity contribution in [3.05, 3.63) is 55.7 Å². The van der Waals surface area contributed by atoms with Gasteiger partial charge >= 0.3 is 8.17 Å². The van der Waals surface area contributed by atoms with Gasteiger partial charge in [-0.1, -0.05) is 24.4 Å². The molecule has 1 aliphatic heterocycles. The van der Waals surface area contributed by atoms with Crippen molar-refractivity contribution in [3.63, 3.8) is 0 Å². The molecule has 1 aromatic heterocycles. The van der Waals surface area contributed by atoms with Gasteiger partial charge in [0.15, 0.2) is 10.5 Å². The number of hydrogen-bond acceptors (Lipinski definition) is 7. The second kappa shape index (κ2) is 10.2. The Morgan fingerprint density at radius 3 is 2.88 bits per heavy atom. The fourth-order valence-corrected chi connectivity index (χ4v) is 5.17. The summed E-state index contributed by atoms with van der Waals surface area (Å²) in [5.41, 5.74) is 2.32. The third-order valence-corrected chi connectivity index (χ3v) is 6.71. The molecule has 0 amide bonds. The zero-order chi connectivity index (χ0) is 24.4. The van der Waals surface area contributed by atoms with Crippen LogP contribution in [0.15, 0.2) is 23.1 Å². The maximum Gasteiger partial charge on any atom is 0.618 e. The van der Waals surface area contributed by atoms with Crippen molar-refractivity contribution in [2.45, 2.75) is 51.7 Å². The molecule has 2 unspecified atom stereocenters. The maximum absolute atomic E-state index is 11.8. The zero-order valence-electron chi connectivity index (χ0n) is 18.5. The number of terminal acetylenes is 1. The minimum Gasteiger partial charge on any atom is -0.437 e. The number of aryl methyl sites for hydroxylation is 3. The summed E-state index contributed by atoms with van der Waals surface area (Å²) in [4.78, 5) is 25.2. The molecule has 3 rings (SSSR count). The Kier molecular flexibility index (Phi) is 7.95. The van der Waals surface area contributed by atoms with E-state index in [4.69, 9.17) is 52.6 Å². The molecule has 0 aliphatic carbocycles. The van der Waals surface area contributed by atoms with E-state index >= 15 is 0 Å². The molecule has 1 aromatic carbocycles. The average molecular weight is 482 g/mol. The summed E-state index contributed by atoms with van der Waals surface area (Å²) in [5, 5.41) is -2.00. The van der Waals surface area contributed by atoms with Crippen LogP contribution in [-0.4, -0.2) is 49.1 Å². The number of nitrogens with zero attached hydrogens (tertiary/aromatic N) is 1. The van der Waals surface area contributed by atoms with Crippen molar-refractivity contribution in [2.24, 2.45) is 0 Å². The quantitative estimate of drug-likeness (QED) is 0.258. The van der Waals surface area contributed by atoms with Crippen molar-refractivity contribution in [1.29, 1.82) is 0 Å². The summed E-state index contributed by atoms with van der Waals surface area (Å²) in [7, 11) is 9.93. The minimum absolute atomic E-state index is 0.0744. The van der Waals surface area contributed by atoms with Crippen LogP contribution in [-0.2, 0) is 26.9 Å². The van der Waals surface area contributed by atoms with Crippen LogP contribution >= 0.6 is 20.4 Å². The predicted octanol–water partition coefficient (Wildman–Crippen LogP) is 2.23. The first-order valence-corrected chi connectivity index (χ1v) is 12.0. The van der Waals surface area contributed by atoms with Gasteiger partial charge in [0.1, 0.15) is 27.9 Å². The smallest absolute Gasteiger partial charge is 0.437 e. The molecule has 0 fully saturated rings. The topological polar surface area (TPSA) is 94.9 Å². The van der Waals surface area contributed by atoms with E-state index in [1.807, 2.05) is 26.0 Å². The molecule has 5 radical (unpaired) electrons. The molecule has 2 heterocycles. The summed E-state index contributed by atoms with van der Waals surface area (Å²) < 4.78 is 24.1. The van der Waals surface area contributed by atoms with Crippen LogP contribution in [0.2, 0.25) is 6.82 Å². The third kappa shape index (κ3) is 5.99. The van der Waals surface area contributed by atoms with Gasteiger partial charge in [-0.25, -0.2) is 0 Å². The molecule has 167 valence electrons. The highest BCUT2D eigenvalue weighted by molar-refractivity contribution is 7.71. The van der Waals surface area contributed by atoms with Gasteiger partial charge in [-0.05, 0) is 44.1 Å². The zero-order valence-corrected chi connectivity index (χ0v) is 20.2. The summed E-state index contributed by atoms with van der Waals surface area (Å²) >= 11 is 5.19. The fourth-order valence-electron chi connectivity index (χ4n) is 3.48. The second-order valence-electron chi connectivity index (χ2n) is 7.64. The van der Waals surface area contributed by atoms with Gasteiger partial charge in [-0.2, -0.15) is 9.42 Å². The van der Waals surface area contributed by atoms with Crippen LogP contribution in [0.3, 0.4) is 0 Å². The summed E-state index contributed by atoms with van der Waals surface area (Å²) in [6.45, 7) is 5.77. The van der Waals surface area contributed by atoms with E-state index in [0.29, 0.717) is 5.75 Å². The molecular weight excluding hydrogens is 460 g/mol. The normalized spacial score (nSPS) is 18.6. The average Bonchev–Trinajstić information content (AvgIpc) is 2.72. The maximum atomic E-state index is 11.8. The number of H-pyrrole nitrogens is 1. The Hall–Kier alpha value is -1.86. The highest BCUT2D eigenvalue weighted by Gasteiger charge is 2.55. The van der Waals surface area contributed by atoms with Crippen LogP contribution in [0, 0.1) is 31.0 Å². The van der Waals surface area contributed by atoms with Gasteiger partial charge in [0.05, 0.1) is 11.5 Å². The number of benzene rings is 1. The van der Waals surface area contributed by atoms with Gasteiger partial charge in [0, 0.05) is 18.3 Å². The van der Waals surface area contributed by atoms with Gasteiger partial charge in [-0.15, -0.1) is 10.9 Å². The van der Waals surface area contributed by atoms with E-state index in [1.54, 1.807) is 11.4 Å². The lowest BCUT2D eigenvalue weighted by molar-refractivity contribution is 0.0182. The molecule has 0 saturated heterocycles. The van der Waals surface area contributed by atoms with Crippen LogP contribution < -0.4 is 10.1 Å². The fraction of sp³-hybridized carbons (Fsp3) is 0.400. The first-order chi connectivity index (χ1) is 15.5. The number of nitrogens with one attached hydrogen (secondary N) is 1. The Balaban J connectivity index is 1.78. The molecule has 0 spiro atoms.